The van der Waals surface area contributed by atoms with Crippen LogP contribution in [-0.4, -0.2) is 38.3 Å². The first kappa shape index (κ1) is 24.7. The number of aryl methyl sites for hydroxylation is 1. The highest BCUT2D eigenvalue weighted by atomic mass is 19.1. The molecule has 1 aliphatic heterocycles. The number of halogens is 2. The highest BCUT2D eigenvalue weighted by Crippen LogP contribution is 2.35. The van der Waals surface area contributed by atoms with E-state index in [9.17, 15) is 23.2 Å². The number of nitrogens with zero attached hydrogens (tertiary/aromatic N) is 4. The minimum absolute atomic E-state index is 0.0186. The molecule has 0 bridgehead atoms. The van der Waals surface area contributed by atoms with Crippen LogP contribution in [0.5, 0.6) is 5.75 Å². The van der Waals surface area contributed by atoms with Crippen LogP contribution >= 0.6 is 0 Å². The molecule has 2 aromatic heterocycles. The van der Waals surface area contributed by atoms with Crippen molar-refractivity contribution in [1.29, 1.82) is 0 Å². The Morgan fingerprint density at radius 3 is 2.58 bits per heavy atom. The van der Waals surface area contributed by atoms with Gasteiger partial charge in [-0.25, -0.2) is 13.6 Å². The number of anilines is 2. The molecule has 0 unspecified atom stereocenters. The zero-order valence-electron chi connectivity index (χ0n) is 20.3. The SMILES string of the molecule is COc1ccc(NC(=O)N2Cc3c(cnn3C)[C@@H]2C(=O)Nc2ccc(-n3ccccc3=O)cc2F)cc1F. The number of fused-ring (bicyclic) bond motifs is 1. The van der Waals surface area contributed by atoms with Gasteiger partial charge in [-0.05, 0) is 30.3 Å². The maximum absolute atomic E-state index is 15.0. The minimum Gasteiger partial charge on any atom is -0.494 e. The second-order valence-corrected chi connectivity index (χ2v) is 8.54. The number of urea groups is 1. The van der Waals surface area contributed by atoms with Crippen LogP contribution in [0.2, 0.25) is 0 Å². The van der Waals surface area contributed by atoms with Gasteiger partial charge < -0.3 is 20.3 Å². The summed E-state index contributed by atoms with van der Waals surface area (Å²) in [4.78, 5) is 39.9. The van der Waals surface area contributed by atoms with Crippen LogP contribution in [0.15, 0.2) is 71.8 Å². The van der Waals surface area contributed by atoms with Crippen LogP contribution in [0.4, 0.5) is 25.0 Å². The van der Waals surface area contributed by atoms with E-state index in [1.807, 2.05) is 0 Å². The van der Waals surface area contributed by atoms with E-state index in [1.54, 1.807) is 23.9 Å². The third-order valence-electron chi connectivity index (χ3n) is 6.24. The second kappa shape index (κ2) is 9.81. The first-order valence-corrected chi connectivity index (χ1v) is 11.5. The first-order valence-electron chi connectivity index (χ1n) is 11.5. The summed E-state index contributed by atoms with van der Waals surface area (Å²) in [7, 11) is 3.01. The fraction of sp³-hybridized carbons (Fsp3) is 0.154. The lowest BCUT2D eigenvalue weighted by Crippen LogP contribution is -2.39. The number of rotatable bonds is 5. The minimum atomic E-state index is -1.13. The Morgan fingerprint density at radius 2 is 1.87 bits per heavy atom. The van der Waals surface area contributed by atoms with Gasteiger partial charge in [0, 0.05) is 42.7 Å². The van der Waals surface area contributed by atoms with Crippen LogP contribution in [0, 0.1) is 11.6 Å². The molecule has 2 aromatic carbocycles. The van der Waals surface area contributed by atoms with Gasteiger partial charge in [0.15, 0.2) is 11.6 Å². The van der Waals surface area contributed by atoms with E-state index in [-0.39, 0.29) is 34.9 Å². The Labute approximate surface area is 215 Å². The van der Waals surface area contributed by atoms with Gasteiger partial charge in [0.05, 0.1) is 36.9 Å². The molecule has 194 valence electrons. The Morgan fingerprint density at radius 1 is 1.05 bits per heavy atom. The molecular formula is C26H22F2N6O4. The van der Waals surface area contributed by atoms with E-state index in [1.165, 1.54) is 59.3 Å². The molecule has 0 aliphatic carbocycles. The van der Waals surface area contributed by atoms with Crippen molar-refractivity contribution in [3.8, 4) is 11.4 Å². The Bertz CT molecular complexity index is 1620. The Kier molecular flexibility index (Phi) is 6.37. The van der Waals surface area contributed by atoms with Gasteiger partial charge in [-0.2, -0.15) is 5.10 Å². The normalized spacial score (nSPS) is 14.2. The highest BCUT2D eigenvalue weighted by Gasteiger charge is 2.41. The number of amides is 3. The molecule has 0 spiro atoms. The van der Waals surface area contributed by atoms with Crippen molar-refractivity contribution in [1.82, 2.24) is 19.2 Å². The van der Waals surface area contributed by atoms with Crippen molar-refractivity contribution in [3.05, 3.63) is 100 Å². The Balaban J connectivity index is 1.39. The summed E-state index contributed by atoms with van der Waals surface area (Å²) in [5.41, 5.74) is 1.10. The molecule has 0 fully saturated rings. The van der Waals surface area contributed by atoms with Gasteiger partial charge in [-0.3, -0.25) is 18.8 Å². The summed E-state index contributed by atoms with van der Waals surface area (Å²) in [5.74, 6) is -2.08. The second-order valence-electron chi connectivity index (χ2n) is 8.54. The van der Waals surface area contributed by atoms with Crippen LogP contribution in [0.25, 0.3) is 5.69 Å². The average Bonchev–Trinajstić information content (AvgIpc) is 3.45. The third kappa shape index (κ3) is 4.47. The van der Waals surface area contributed by atoms with Crippen molar-refractivity contribution in [2.75, 3.05) is 17.7 Å². The zero-order valence-corrected chi connectivity index (χ0v) is 20.3. The third-order valence-corrected chi connectivity index (χ3v) is 6.24. The summed E-state index contributed by atoms with van der Waals surface area (Å²) in [6.45, 7) is 0.0483. The van der Waals surface area contributed by atoms with Crippen molar-refractivity contribution in [2.45, 2.75) is 12.6 Å². The predicted molar refractivity (Wildman–Crippen MR) is 134 cm³/mol. The molecule has 3 heterocycles. The lowest BCUT2D eigenvalue weighted by Gasteiger charge is -2.25. The standard InChI is InChI=1S/C26H22F2N6O4/c1-32-21-14-34(26(37)30-15-6-9-22(38-2)19(28)11-15)24(17(21)13-29-32)25(36)31-20-8-7-16(12-18(20)27)33-10-4-3-5-23(33)35/h3-13,24H,14H2,1-2H3,(H,30,37)(H,31,36)/t24-/m1/s1. The monoisotopic (exact) mass is 520 g/mol. The van der Waals surface area contributed by atoms with E-state index in [0.29, 0.717) is 11.3 Å². The van der Waals surface area contributed by atoms with Gasteiger partial charge in [0.2, 0.25) is 0 Å². The quantitative estimate of drug-likeness (QED) is 0.418. The molecule has 0 saturated heterocycles. The van der Waals surface area contributed by atoms with E-state index < -0.39 is 29.6 Å². The molecule has 0 radical (unpaired) electrons. The van der Waals surface area contributed by atoms with E-state index in [0.717, 1.165) is 12.1 Å². The number of carbonyl (C=O) groups excluding carboxylic acids is 2. The molecule has 0 saturated carbocycles. The van der Waals surface area contributed by atoms with Gasteiger partial charge in [0.25, 0.3) is 11.5 Å². The topological polar surface area (TPSA) is 110 Å². The van der Waals surface area contributed by atoms with Gasteiger partial charge in [-0.15, -0.1) is 0 Å². The molecule has 10 nitrogen and oxygen atoms in total. The summed E-state index contributed by atoms with van der Waals surface area (Å²) >= 11 is 0. The number of hydrogen-bond donors (Lipinski definition) is 2. The molecule has 2 N–H and O–H groups in total. The lowest BCUT2D eigenvalue weighted by molar-refractivity contribution is -0.120. The molecule has 1 atom stereocenters. The van der Waals surface area contributed by atoms with Crippen molar-refractivity contribution < 1.29 is 23.1 Å². The fourth-order valence-electron chi connectivity index (χ4n) is 4.33. The maximum atomic E-state index is 15.0. The Hall–Kier alpha value is -5.00. The van der Waals surface area contributed by atoms with Crippen LogP contribution < -0.4 is 20.9 Å². The number of ether oxygens (including phenoxy) is 1. The predicted octanol–water partition coefficient (Wildman–Crippen LogP) is 3.59. The summed E-state index contributed by atoms with van der Waals surface area (Å²) in [5, 5.41) is 9.28. The van der Waals surface area contributed by atoms with Crippen molar-refractivity contribution >= 4 is 23.3 Å². The smallest absolute Gasteiger partial charge is 0.323 e. The van der Waals surface area contributed by atoms with Crippen molar-refractivity contribution in [3.63, 3.8) is 0 Å². The van der Waals surface area contributed by atoms with E-state index in [2.05, 4.69) is 15.7 Å². The van der Waals surface area contributed by atoms with Crippen LogP contribution in [0.1, 0.15) is 17.3 Å². The fourth-order valence-corrected chi connectivity index (χ4v) is 4.33. The first-order chi connectivity index (χ1) is 18.3. The largest absolute Gasteiger partial charge is 0.494 e. The summed E-state index contributed by atoms with van der Waals surface area (Å²) in [6, 6.07) is 10.7. The average molecular weight is 520 g/mol. The molecule has 3 amide bonds. The van der Waals surface area contributed by atoms with Gasteiger partial charge in [-0.1, -0.05) is 6.07 Å². The van der Waals surface area contributed by atoms with E-state index >= 15 is 0 Å². The summed E-state index contributed by atoms with van der Waals surface area (Å²) < 4.78 is 36.8. The number of benzene rings is 2. The molecule has 5 rings (SSSR count). The zero-order chi connectivity index (χ0) is 27.0. The van der Waals surface area contributed by atoms with Crippen molar-refractivity contribution in [2.24, 2.45) is 7.05 Å². The van der Waals surface area contributed by atoms with Gasteiger partial charge >= 0.3 is 6.03 Å². The number of pyridine rings is 1. The van der Waals surface area contributed by atoms with E-state index in [4.69, 9.17) is 4.74 Å². The van der Waals surface area contributed by atoms with Crippen LogP contribution in [-0.2, 0) is 18.4 Å². The number of methoxy groups -OCH3 is 1. The lowest BCUT2D eigenvalue weighted by atomic mass is 10.1. The summed E-state index contributed by atoms with van der Waals surface area (Å²) in [6.07, 6.45) is 2.98. The maximum Gasteiger partial charge on any atom is 0.323 e. The molecule has 4 aromatic rings. The highest BCUT2D eigenvalue weighted by molar-refractivity contribution is 6.00. The molecular weight excluding hydrogens is 498 g/mol. The van der Waals surface area contributed by atoms with Crippen LogP contribution in [0.3, 0.4) is 0 Å². The number of aromatic nitrogens is 3. The van der Waals surface area contributed by atoms with Gasteiger partial charge in [0.1, 0.15) is 11.9 Å². The molecule has 1 aliphatic rings. The number of hydrogen-bond acceptors (Lipinski definition) is 5. The molecule has 38 heavy (non-hydrogen) atoms. The number of carbonyl (C=O) groups is 2. The number of nitrogens with one attached hydrogen (secondary N) is 2. The molecule has 12 heteroatoms.